The standard InChI is InChI=1S/C8H10ClN3/c9-6-3-7(12-10)8(11-4-6)5-1-2-5/h3-5,12H,1-2,10H2. The molecule has 64 valence electrons. The quantitative estimate of drug-likeness (QED) is 0.544. The van der Waals surface area contributed by atoms with E-state index < -0.39 is 0 Å². The van der Waals surface area contributed by atoms with Crippen LogP contribution in [0, 0.1) is 0 Å². The molecular weight excluding hydrogens is 174 g/mol. The largest absolute Gasteiger partial charge is 0.322 e. The van der Waals surface area contributed by atoms with E-state index in [4.69, 9.17) is 17.4 Å². The average molecular weight is 184 g/mol. The molecule has 0 aromatic carbocycles. The molecule has 0 bridgehead atoms. The predicted octanol–water partition coefficient (Wildman–Crippen LogP) is 1.90. The fourth-order valence-electron chi connectivity index (χ4n) is 1.25. The molecule has 4 heteroatoms. The Morgan fingerprint density at radius 2 is 2.33 bits per heavy atom. The van der Waals surface area contributed by atoms with Crippen molar-refractivity contribution in [2.75, 3.05) is 5.43 Å². The molecule has 1 saturated carbocycles. The van der Waals surface area contributed by atoms with E-state index in [2.05, 4.69) is 10.4 Å². The van der Waals surface area contributed by atoms with Crippen molar-refractivity contribution in [1.82, 2.24) is 4.98 Å². The minimum atomic E-state index is 0.591. The van der Waals surface area contributed by atoms with Crippen molar-refractivity contribution in [3.63, 3.8) is 0 Å². The van der Waals surface area contributed by atoms with Crippen molar-refractivity contribution in [1.29, 1.82) is 0 Å². The third kappa shape index (κ3) is 1.38. The molecular formula is C8H10ClN3. The lowest BCUT2D eigenvalue weighted by Gasteiger charge is -2.06. The normalized spacial score (nSPS) is 16.2. The van der Waals surface area contributed by atoms with Gasteiger partial charge in [0, 0.05) is 12.1 Å². The van der Waals surface area contributed by atoms with Gasteiger partial charge in [-0.05, 0) is 18.9 Å². The molecule has 0 amide bonds. The topological polar surface area (TPSA) is 50.9 Å². The highest BCUT2D eigenvalue weighted by Crippen LogP contribution is 2.42. The smallest absolute Gasteiger partial charge is 0.0719 e. The van der Waals surface area contributed by atoms with Crippen LogP contribution in [0.5, 0.6) is 0 Å². The molecule has 0 aliphatic heterocycles. The Morgan fingerprint density at radius 3 is 2.92 bits per heavy atom. The Morgan fingerprint density at radius 1 is 1.58 bits per heavy atom. The van der Waals surface area contributed by atoms with Gasteiger partial charge in [-0.2, -0.15) is 0 Å². The number of hydrogen-bond acceptors (Lipinski definition) is 3. The highest BCUT2D eigenvalue weighted by Gasteiger charge is 2.27. The fourth-order valence-corrected chi connectivity index (χ4v) is 1.41. The third-order valence-electron chi connectivity index (χ3n) is 2.00. The van der Waals surface area contributed by atoms with Crippen LogP contribution in [0.3, 0.4) is 0 Å². The molecule has 1 aliphatic rings. The van der Waals surface area contributed by atoms with E-state index in [0.717, 1.165) is 11.4 Å². The van der Waals surface area contributed by atoms with Crippen molar-refractivity contribution in [2.45, 2.75) is 18.8 Å². The average Bonchev–Trinajstić information content (AvgIpc) is 2.87. The summed E-state index contributed by atoms with van der Waals surface area (Å²) in [7, 11) is 0. The molecule has 0 saturated heterocycles. The van der Waals surface area contributed by atoms with E-state index >= 15 is 0 Å². The van der Waals surface area contributed by atoms with Gasteiger partial charge in [0.05, 0.1) is 16.4 Å². The summed E-state index contributed by atoms with van der Waals surface area (Å²) in [5.74, 6) is 5.93. The summed E-state index contributed by atoms with van der Waals surface area (Å²) >= 11 is 5.76. The maximum absolute atomic E-state index is 5.76. The molecule has 1 aromatic heterocycles. The Kier molecular flexibility index (Phi) is 1.90. The molecule has 0 radical (unpaired) electrons. The van der Waals surface area contributed by atoms with E-state index in [-0.39, 0.29) is 0 Å². The summed E-state index contributed by atoms with van der Waals surface area (Å²) in [6, 6.07) is 1.81. The van der Waals surface area contributed by atoms with Crippen LogP contribution < -0.4 is 11.3 Å². The van der Waals surface area contributed by atoms with Crippen LogP contribution in [0.15, 0.2) is 12.3 Å². The van der Waals surface area contributed by atoms with Crippen molar-refractivity contribution in [3.8, 4) is 0 Å². The fraction of sp³-hybridized carbons (Fsp3) is 0.375. The van der Waals surface area contributed by atoms with Gasteiger partial charge in [-0.3, -0.25) is 10.8 Å². The Hall–Kier alpha value is -0.800. The summed E-state index contributed by atoms with van der Waals surface area (Å²) < 4.78 is 0. The minimum absolute atomic E-state index is 0.591. The molecule has 12 heavy (non-hydrogen) atoms. The van der Waals surface area contributed by atoms with Crippen LogP contribution in [-0.2, 0) is 0 Å². The molecule has 0 spiro atoms. The van der Waals surface area contributed by atoms with Crippen molar-refractivity contribution in [3.05, 3.63) is 23.0 Å². The molecule has 1 heterocycles. The second-order valence-corrected chi connectivity index (χ2v) is 3.44. The van der Waals surface area contributed by atoms with Gasteiger partial charge in [-0.25, -0.2) is 0 Å². The van der Waals surface area contributed by atoms with Gasteiger partial charge in [-0.15, -0.1) is 0 Å². The van der Waals surface area contributed by atoms with Gasteiger partial charge < -0.3 is 5.43 Å². The number of anilines is 1. The molecule has 1 fully saturated rings. The zero-order chi connectivity index (χ0) is 8.55. The number of nitrogen functional groups attached to an aromatic ring is 1. The summed E-state index contributed by atoms with van der Waals surface area (Å²) in [5, 5.41) is 0.618. The first kappa shape index (κ1) is 7.83. The molecule has 0 unspecified atom stereocenters. The molecule has 2 rings (SSSR count). The van der Waals surface area contributed by atoms with Crippen LogP contribution in [0.1, 0.15) is 24.5 Å². The van der Waals surface area contributed by atoms with E-state index in [9.17, 15) is 0 Å². The van der Waals surface area contributed by atoms with Gasteiger partial charge in [0.25, 0.3) is 0 Å². The number of rotatable bonds is 2. The zero-order valence-electron chi connectivity index (χ0n) is 6.55. The number of pyridine rings is 1. The highest BCUT2D eigenvalue weighted by atomic mass is 35.5. The molecule has 3 nitrogen and oxygen atoms in total. The van der Waals surface area contributed by atoms with Crippen molar-refractivity contribution >= 4 is 17.3 Å². The van der Waals surface area contributed by atoms with Crippen LogP contribution in [0.2, 0.25) is 5.02 Å². The first-order valence-corrected chi connectivity index (χ1v) is 4.31. The number of nitrogens with zero attached hydrogens (tertiary/aromatic N) is 1. The maximum atomic E-state index is 5.76. The van der Waals surface area contributed by atoms with E-state index in [0.29, 0.717) is 10.9 Å². The summed E-state index contributed by atoms with van der Waals surface area (Å²) in [4.78, 5) is 4.24. The molecule has 1 aromatic rings. The first-order valence-electron chi connectivity index (χ1n) is 3.93. The summed E-state index contributed by atoms with van der Waals surface area (Å²) in [5.41, 5.74) is 4.51. The van der Waals surface area contributed by atoms with E-state index in [1.54, 1.807) is 6.20 Å². The maximum Gasteiger partial charge on any atom is 0.0719 e. The molecule has 0 atom stereocenters. The number of aromatic nitrogens is 1. The van der Waals surface area contributed by atoms with Gasteiger partial charge >= 0.3 is 0 Å². The van der Waals surface area contributed by atoms with Crippen molar-refractivity contribution < 1.29 is 0 Å². The Labute approximate surface area is 75.9 Å². The second kappa shape index (κ2) is 2.92. The predicted molar refractivity (Wildman–Crippen MR) is 49.0 cm³/mol. The zero-order valence-corrected chi connectivity index (χ0v) is 7.30. The first-order chi connectivity index (χ1) is 5.81. The number of nitrogens with two attached hydrogens (primary N) is 1. The lowest BCUT2D eigenvalue weighted by molar-refractivity contribution is 1.02. The second-order valence-electron chi connectivity index (χ2n) is 3.00. The number of halogens is 1. The Balaban J connectivity index is 2.38. The number of hydrogen-bond donors (Lipinski definition) is 2. The van der Waals surface area contributed by atoms with Gasteiger partial charge in [0.1, 0.15) is 0 Å². The van der Waals surface area contributed by atoms with Gasteiger partial charge in [-0.1, -0.05) is 11.6 Å². The molecule has 1 aliphatic carbocycles. The van der Waals surface area contributed by atoms with E-state index in [1.807, 2.05) is 6.07 Å². The number of hydrazine groups is 1. The van der Waals surface area contributed by atoms with E-state index in [1.165, 1.54) is 12.8 Å². The Bertz CT molecular complexity index is 296. The summed E-state index contributed by atoms with van der Waals surface area (Å²) in [6.45, 7) is 0. The van der Waals surface area contributed by atoms with Gasteiger partial charge in [0.15, 0.2) is 0 Å². The SMILES string of the molecule is NNc1cc(Cl)cnc1C1CC1. The summed E-state index contributed by atoms with van der Waals surface area (Å²) in [6.07, 6.45) is 4.09. The minimum Gasteiger partial charge on any atom is -0.322 e. The van der Waals surface area contributed by atoms with Crippen LogP contribution in [0.4, 0.5) is 5.69 Å². The lowest BCUT2D eigenvalue weighted by atomic mass is 10.2. The monoisotopic (exact) mass is 183 g/mol. The molecule has 3 N–H and O–H groups in total. The van der Waals surface area contributed by atoms with Crippen LogP contribution in [0.25, 0.3) is 0 Å². The van der Waals surface area contributed by atoms with Crippen molar-refractivity contribution in [2.24, 2.45) is 5.84 Å². The number of nitrogens with one attached hydrogen (secondary N) is 1. The van der Waals surface area contributed by atoms with Gasteiger partial charge in [0.2, 0.25) is 0 Å². The van der Waals surface area contributed by atoms with Crippen LogP contribution >= 0.6 is 11.6 Å². The highest BCUT2D eigenvalue weighted by molar-refractivity contribution is 6.30. The lowest BCUT2D eigenvalue weighted by Crippen LogP contribution is -2.09. The van der Waals surface area contributed by atoms with Crippen LogP contribution in [-0.4, -0.2) is 4.98 Å². The third-order valence-corrected chi connectivity index (χ3v) is 2.21.